The summed E-state index contributed by atoms with van der Waals surface area (Å²) in [6.45, 7) is 4.17. The van der Waals surface area contributed by atoms with Crippen molar-refractivity contribution >= 4 is 28.2 Å². The van der Waals surface area contributed by atoms with E-state index in [0.717, 1.165) is 12.8 Å². The van der Waals surface area contributed by atoms with Crippen LogP contribution in [-0.4, -0.2) is 34.7 Å². The van der Waals surface area contributed by atoms with Crippen molar-refractivity contribution < 1.29 is 9.26 Å². The van der Waals surface area contributed by atoms with Gasteiger partial charge in [0, 0.05) is 6.20 Å². The molecular formula is C25H20ClN7O3. The van der Waals surface area contributed by atoms with Crippen molar-refractivity contribution in [3.05, 3.63) is 75.4 Å². The molecular weight excluding hydrogens is 482 g/mol. The maximum absolute atomic E-state index is 13.9. The second-order valence-electron chi connectivity index (χ2n) is 9.29. The average Bonchev–Trinajstić information content (AvgIpc) is 3.60. The molecule has 0 amide bonds. The molecule has 1 aliphatic heterocycles. The van der Waals surface area contributed by atoms with E-state index in [1.165, 1.54) is 10.9 Å². The Morgan fingerprint density at radius 3 is 2.81 bits per heavy atom. The summed E-state index contributed by atoms with van der Waals surface area (Å²) in [5.74, 6) is 0.543. The number of halogens is 1. The van der Waals surface area contributed by atoms with Gasteiger partial charge in [0.05, 0.1) is 39.5 Å². The summed E-state index contributed by atoms with van der Waals surface area (Å²) in [5.41, 5.74) is 1.71. The fourth-order valence-corrected chi connectivity index (χ4v) is 4.87. The van der Waals surface area contributed by atoms with Gasteiger partial charge in [-0.25, -0.2) is 4.98 Å². The molecule has 0 spiro atoms. The van der Waals surface area contributed by atoms with Crippen LogP contribution in [0.25, 0.3) is 28.1 Å². The van der Waals surface area contributed by atoms with E-state index in [1.54, 1.807) is 28.8 Å². The minimum atomic E-state index is -0.385. The minimum Gasteiger partial charge on any atom is -0.363 e. The number of nitriles is 1. The van der Waals surface area contributed by atoms with Crippen LogP contribution < -0.4 is 5.56 Å². The Balaban J connectivity index is 1.57. The van der Waals surface area contributed by atoms with E-state index in [1.807, 2.05) is 26.0 Å². The van der Waals surface area contributed by atoms with Gasteiger partial charge in [-0.2, -0.15) is 10.2 Å². The summed E-state index contributed by atoms with van der Waals surface area (Å²) in [6, 6.07) is 11.0. The predicted octanol–water partition coefficient (Wildman–Crippen LogP) is 4.30. The fraction of sp³-hybridized carbons (Fsp3) is 0.280. The topological polar surface area (TPSA) is 124 Å². The highest BCUT2D eigenvalue weighted by molar-refractivity contribution is 6.32. The number of aromatic nitrogens is 6. The Hall–Kier alpha value is -4.07. The van der Waals surface area contributed by atoms with Crippen molar-refractivity contribution in [2.75, 3.05) is 0 Å². The van der Waals surface area contributed by atoms with Crippen LogP contribution in [0.5, 0.6) is 0 Å². The molecule has 1 aromatic carbocycles. The summed E-state index contributed by atoms with van der Waals surface area (Å²) in [7, 11) is 0. The van der Waals surface area contributed by atoms with E-state index in [0.29, 0.717) is 22.6 Å². The Morgan fingerprint density at radius 2 is 2.08 bits per heavy atom. The van der Waals surface area contributed by atoms with Crippen molar-refractivity contribution in [3.8, 4) is 17.6 Å². The molecule has 1 fully saturated rings. The number of pyridine rings is 1. The van der Waals surface area contributed by atoms with Crippen LogP contribution in [0.3, 0.4) is 0 Å². The maximum Gasteiger partial charge on any atom is 0.278 e. The third kappa shape index (κ3) is 3.56. The van der Waals surface area contributed by atoms with Gasteiger partial charge in [-0.1, -0.05) is 22.8 Å². The first-order valence-electron chi connectivity index (χ1n) is 11.4. The number of nitrogens with zero attached hydrogens (tertiary/aromatic N) is 7. The van der Waals surface area contributed by atoms with Gasteiger partial charge in [-0.15, -0.1) is 0 Å². The van der Waals surface area contributed by atoms with Gasteiger partial charge in [-0.3, -0.25) is 18.7 Å². The molecule has 5 aromatic rings. The lowest BCUT2D eigenvalue weighted by Gasteiger charge is -2.17. The van der Waals surface area contributed by atoms with Gasteiger partial charge in [0.1, 0.15) is 29.7 Å². The molecule has 0 aliphatic carbocycles. The Bertz CT molecular complexity index is 1730. The summed E-state index contributed by atoms with van der Waals surface area (Å²) in [6.07, 6.45) is 4.49. The highest BCUT2D eigenvalue weighted by Gasteiger charge is 2.36. The standard InChI is InChI=1S/C25H20ClN7O3/c1-25(2)9-8-18(35-25)23-30-22(31-36-23)19-21-24(34)32(12-14-5-3-4-10-28-14)20-15(11-27)16(26)6-7-17(20)33(21)13-29-19/h3-7,10,13,18H,8-9,12H2,1-2H3. The number of hydrogen-bond donors (Lipinski definition) is 0. The first-order valence-corrected chi connectivity index (χ1v) is 11.8. The van der Waals surface area contributed by atoms with Gasteiger partial charge in [0.25, 0.3) is 11.4 Å². The van der Waals surface area contributed by atoms with Crippen LogP contribution in [0, 0.1) is 11.3 Å². The zero-order valence-electron chi connectivity index (χ0n) is 19.5. The van der Waals surface area contributed by atoms with Gasteiger partial charge in [0.15, 0.2) is 0 Å². The number of ether oxygens (including phenoxy) is 1. The quantitative estimate of drug-likeness (QED) is 0.357. The Morgan fingerprint density at radius 1 is 1.22 bits per heavy atom. The molecule has 4 aromatic heterocycles. The van der Waals surface area contributed by atoms with Crippen LogP contribution in [0.1, 0.15) is 49.9 Å². The molecule has 5 heterocycles. The van der Waals surface area contributed by atoms with E-state index in [9.17, 15) is 10.1 Å². The molecule has 0 radical (unpaired) electrons. The summed E-state index contributed by atoms with van der Waals surface area (Å²) in [4.78, 5) is 27.3. The molecule has 1 aliphatic rings. The van der Waals surface area contributed by atoms with Gasteiger partial charge in [0.2, 0.25) is 5.82 Å². The molecule has 180 valence electrons. The highest BCUT2D eigenvalue weighted by atomic mass is 35.5. The van der Waals surface area contributed by atoms with E-state index in [-0.39, 0.29) is 51.4 Å². The predicted molar refractivity (Wildman–Crippen MR) is 130 cm³/mol. The monoisotopic (exact) mass is 501 g/mol. The molecule has 11 heteroatoms. The SMILES string of the molecule is CC1(C)CCC(c2nc(-c3ncn4c3c(=O)n(Cc3ccccn3)c3c(C#N)c(Cl)ccc34)no2)O1. The molecule has 1 saturated heterocycles. The Labute approximate surface area is 209 Å². The molecule has 1 atom stereocenters. The molecule has 0 bridgehead atoms. The number of imidazole rings is 1. The number of rotatable bonds is 4. The van der Waals surface area contributed by atoms with Crippen molar-refractivity contribution in [2.45, 2.75) is 44.9 Å². The van der Waals surface area contributed by atoms with Crippen molar-refractivity contribution in [3.63, 3.8) is 0 Å². The lowest BCUT2D eigenvalue weighted by atomic mass is 10.1. The van der Waals surface area contributed by atoms with Crippen LogP contribution in [0.4, 0.5) is 0 Å². The Kier molecular flexibility index (Phi) is 5.14. The van der Waals surface area contributed by atoms with Crippen LogP contribution >= 0.6 is 11.6 Å². The third-order valence-electron chi connectivity index (χ3n) is 6.41. The lowest BCUT2D eigenvalue weighted by molar-refractivity contribution is -0.0292. The number of hydrogen-bond acceptors (Lipinski definition) is 8. The van der Waals surface area contributed by atoms with E-state index < -0.39 is 0 Å². The zero-order valence-corrected chi connectivity index (χ0v) is 20.2. The zero-order chi connectivity index (χ0) is 25.0. The van der Waals surface area contributed by atoms with Crippen molar-refractivity contribution in [1.29, 1.82) is 5.26 Å². The van der Waals surface area contributed by atoms with Gasteiger partial charge in [-0.05, 0) is 51.0 Å². The lowest BCUT2D eigenvalue weighted by Crippen LogP contribution is -2.25. The normalized spacial score (nSPS) is 17.1. The van der Waals surface area contributed by atoms with Crippen LogP contribution in [0.15, 0.2) is 52.2 Å². The van der Waals surface area contributed by atoms with Crippen molar-refractivity contribution in [2.24, 2.45) is 0 Å². The molecule has 0 saturated carbocycles. The second-order valence-corrected chi connectivity index (χ2v) is 9.69. The van der Waals surface area contributed by atoms with Crippen LogP contribution in [-0.2, 0) is 11.3 Å². The number of benzene rings is 1. The number of fused-ring (bicyclic) bond motifs is 3. The van der Waals surface area contributed by atoms with E-state index in [2.05, 4.69) is 26.2 Å². The molecule has 36 heavy (non-hydrogen) atoms. The highest BCUT2D eigenvalue weighted by Crippen LogP contribution is 2.39. The minimum absolute atomic E-state index is 0.134. The first-order chi connectivity index (χ1) is 17.4. The summed E-state index contributed by atoms with van der Waals surface area (Å²) >= 11 is 6.35. The van der Waals surface area contributed by atoms with Gasteiger partial charge >= 0.3 is 0 Å². The molecule has 6 rings (SSSR count). The molecule has 10 nitrogen and oxygen atoms in total. The first kappa shape index (κ1) is 22.4. The maximum atomic E-state index is 13.9. The summed E-state index contributed by atoms with van der Waals surface area (Å²) < 4.78 is 14.6. The third-order valence-corrected chi connectivity index (χ3v) is 6.72. The molecule has 1 unspecified atom stereocenters. The van der Waals surface area contributed by atoms with Gasteiger partial charge < -0.3 is 9.26 Å². The second kappa shape index (κ2) is 8.26. The molecule has 0 N–H and O–H groups in total. The van der Waals surface area contributed by atoms with Crippen molar-refractivity contribution in [1.82, 2.24) is 29.1 Å². The van der Waals surface area contributed by atoms with E-state index >= 15 is 0 Å². The largest absolute Gasteiger partial charge is 0.363 e. The smallest absolute Gasteiger partial charge is 0.278 e. The summed E-state index contributed by atoms with van der Waals surface area (Å²) in [5, 5.41) is 14.2. The average molecular weight is 502 g/mol. The fourth-order valence-electron chi connectivity index (χ4n) is 4.68. The van der Waals surface area contributed by atoms with Crippen LogP contribution in [0.2, 0.25) is 5.02 Å². The van der Waals surface area contributed by atoms with E-state index in [4.69, 9.17) is 20.9 Å².